The van der Waals surface area contributed by atoms with E-state index in [1.807, 2.05) is 19.9 Å². The Morgan fingerprint density at radius 1 is 1.04 bits per heavy atom. The fourth-order valence-electron chi connectivity index (χ4n) is 2.03. The summed E-state index contributed by atoms with van der Waals surface area (Å²) in [4.78, 5) is 0.0808. The van der Waals surface area contributed by atoms with Gasteiger partial charge in [-0.05, 0) is 41.8 Å². The minimum absolute atomic E-state index is 0.0808. The molecule has 1 N–H and O–H groups in total. The molecule has 0 spiro atoms. The first kappa shape index (κ1) is 17.9. The average molecular weight is 374 g/mol. The molecule has 0 aliphatic carbocycles. The molecular formula is C16H17Cl2NO3S. The maximum absolute atomic E-state index is 12.7. The van der Waals surface area contributed by atoms with E-state index in [2.05, 4.69) is 4.72 Å². The topological polar surface area (TPSA) is 55.4 Å². The third-order valence-electron chi connectivity index (χ3n) is 3.32. The molecule has 0 bridgehead atoms. The molecule has 0 atom stereocenters. The van der Waals surface area contributed by atoms with Gasteiger partial charge in [0.1, 0.15) is 10.6 Å². The van der Waals surface area contributed by atoms with Crippen LogP contribution in [0.5, 0.6) is 5.75 Å². The number of benzene rings is 2. The molecule has 0 radical (unpaired) electrons. The van der Waals surface area contributed by atoms with Crippen molar-refractivity contribution in [1.82, 2.24) is 0 Å². The highest BCUT2D eigenvalue weighted by Crippen LogP contribution is 2.31. The lowest BCUT2D eigenvalue weighted by atomic mass is 10.0. The molecule has 23 heavy (non-hydrogen) atoms. The van der Waals surface area contributed by atoms with E-state index in [4.69, 9.17) is 27.9 Å². The van der Waals surface area contributed by atoms with Crippen LogP contribution in [0.1, 0.15) is 25.3 Å². The highest BCUT2D eigenvalue weighted by atomic mass is 35.5. The molecule has 0 fully saturated rings. The molecule has 0 saturated heterocycles. The van der Waals surface area contributed by atoms with Crippen LogP contribution in [0.3, 0.4) is 0 Å². The molecule has 0 amide bonds. The van der Waals surface area contributed by atoms with E-state index in [-0.39, 0.29) is 21.6 Å². The molecule has 2 rings (SSSR count). The minimum Gasteiger partial charge on any atom is -0.495 e. The van der Waals surface area contributed by atoms with Gasteiger partial charge in [-0.25, -0.2) is 8.42 Å². The van der Waals surface area contributed by atoms with Crippen molar-refractivity contribution < 1.29 is 13.2 Å². The number of hydrogen-bond acceptors (Lipinski definition) is 3. The van der Waals surface area contributed by atoms with Gasteiger partial charge in [-0.3, -0.25) is 4.72 Å². The number of sulfonamides is 1. The molecule has 4 nitrogen and oxygen atoms in total. The van der Waals surface area contributed by atoms with Gasteiger partial charge in [0.15, 0.2) is 0 Å². The van der Waals surface area contributed by atoms with Gasteiger partial charge in [0, 0.05) is 0 Å². The van der Waals surface area contributed by atoms with E-state index < -0.39 is 10.0 Å². The number of anilines is 1. The van der Waals surface area contributed by atoms with Crippen molar-refractivity contribution in [2.45, 2.75) is 24.7 Å². The van der Waals surface area contributed by atoms with Crippen molar-refractivity contribution >= 4 is 38.9 Å². The van der Waals surface area contributed by atoms with Crippen molar-refractivity contribution in [3.63, 3.8) is 0 Å². The van der Waals surface area contributed by atoms with Crippen LogP contribution in [0.4, 0.5) is 5.69 Å². The van der Waals surface area contributed by atoms with E-state index in [0.29, 0.717) is 10.7 Å². The van der Waals surface area contributed by atoms with Crippen LogP contribution in [-0.4, -0.2) is 15.5 Å². The molecular weight excluding hydrogens is 357 g/mol. The summed E-state index contributed by atoms with van der Waals surface area (Å²) in [5, 5.41) is 0.628. The Morgan fingerprint density at radius 3 is 2.30 bits per heavy atom. The second-order valence-corrected chi connectivity index (χ2v) is 7.76. The number of hydrogen-bond donors (Lipinski definition) is 1. The highest BCUT2D eigenvalue weighted by molar-refractivity contribution is 7.92. The highest BCUT2D eigenvalue weighted by Gasteiger charge is 2.21. The van der Waals surface area contributed by atoms with Crippen LogP contribution in [0.15, 0.2) is 41.3 Å². The van der Waals surface area contributed by atoms with Crippen LogP contribution < -0.4 is 9.46 Å². The molecule has 2 aromatic carbocycles. The maximum Gasteiger partial charge on any atom is 0.265 e. The van der Waals surface area contributed by atoms with Crippen LogP contribution >= 0.6 is 23.2 Å². The molecule has 124 valence electrons. The Kier molecular flexibility index (Phi) is 5.45. The summed E-state index contributed by atoms with van der Waals surface area (Å²) in [6.07, 6.45) is 0. The van der Waals surface area contributed by atoms with Crippen molar-refractivity contribution in [1.29, 1.82) is 0 Å². The lowest BCUT2D eigenvalue weighted by molar-refractivity contribution is 0.402. The molecule has 0 heterocycles. The Bertz CT molecular complexity index is 820. The van der Waals surface area contributed by atoms with Gasteiger partial charge in [0.05, 0.1) is 22.8 Å². The minimum atomic E-state index is -3.82. The Balaban J connectivity index is 2.45. The normalized spacial score (nSPS) is 11.6. The smallest absolute Gasteiger partial charge is 0.265 e. The molecule has 7 heteroatoms. The summed E-state index contributed by atoms with van der Waals surface area (Å²) in [5.74, 6) is 0.474. The zero-order valence-electron chi connectivity index (χ0n) is 12.9. The van der Waals surface area contributed by atoms with Crippen LogP contribution in [-0.2, 0) is 10.0 Å². The molecule has 0 unspecified atom stereocenters. The van der Waals surface area contributed by atoms with Crippen molar-refractivity contribution in [2.75, 3.05) is 11.8 Å². The van der Waals surface area contributed by atoms with E-state index in [0.717, 1.165) is 5.56 Å². The van der Waals surface area contributed by atoms with Crippen molar-refractivity contribution in [2.24, 2.45) is 0 Å². The summed E-state index contributed by atoms with van der Waals surface area (Å²) in [6.45, 7) is 3.98. The van der Waals surface area contributed by atoms with Gasteiger partial charge in [-0.2, -0.15) is 0 Å². The van der Waals surface area contributed by atoms with Gasteiger partial charge in [-0.15, -0.1) is 0 Å². The largest absolute Gasteiger partial charge is 0.495 e. The van der Waals surface area contributed by atoms with E-state index in [9.17, 15) is 8.42 Å². The number of nitrogens with one attached hydrogen (secondary N) is 1. The Hall–Kier alpha value is -1.43. The van der Waals surface area contributed by atoms with Gasteiger partial charge >= 0.3 is 0 Å². The maximum atomic E-state index is 12.7. The second kappa shape index (κ2) is 6.99. The van der Waals surface area contributed by atoms with Crippen LogP contribution in [0, 0.1) is 0 Å². The fourth-order valence-corrected chi connectivity index (χ4v) is 3.58. The zero-order valence-corrected chi connectivity index (χ0v) is 15.3. The van der Waals surface area contributed by atoms with Gasteiger partial charge in [0.2, 0.25) is 0 Å². The van der Waals surface area contributed by atoms with Crippen LogP contribution in [0.2, 0.25) is 10.0 Å². The third-order valence-corrected chi connectivity index (χ3v) is 5.46. The van der Waals surface area contributed by atoms with Gasteiger partial charge in [0.25, 0.3) is 10.0 Å². The second-order valence-electron chi connectivity index (χ2n) is 5.30. The quantitative estimate of drug-likeness (QED) is 0.808. The number of halogens is 2. The third kappa shape index (κ3) is 4.10. The zero-order chi connectivity index (χ0) is 17.2. The Morgan fingerprint density at radius 2 is 1.74 bits per heavy atom. The monoisotopic (exact) mass is 373 g/mol. The standard InChI is InChI=1S/C16H17Cl2NO3S/c1-10(2)11-4-7-15(22-3)16(8-11)23(20,21)19-12-5-6-13(17)14(18)9-12/h4-10,19H,1-3H3. The molecule has 0 aliphatic heterocycles. The van der Waals surface area contributed by atoms with E-state index in [1.54, 1.807) is 18.2 Å². The van der Waals surface area contributed by atoms with E-state index >= 15 is 0 Å². The first-order chi connectivity index (χ1) is 10.7. The summed E-state index contributed by atoms with van der Waals surface area (Å²) in [5.41, 5.74) is 1.23. The fraction of sp³-hybridized carbons (Fsp3) is 0.250. The summed E-state index contributed by atoms with van der Waals surface area (Å²) in [6, 6.07) is 9.65. The molecule has 0 aliphatic rings. The van der Waals surface area contributed by atoms with Gasteiger partial charge in [-0.1, -0.05) is 43.1 Å². The first-order valence-electron chi connectivity index (χ1n) is 6.90. The van der Waals surface area contributed by atoms with Crippen molar-refractivity contribution in [3.05, 3.63) is 52.0 Å². The summed E-state index contributed by atoms with van der Waals surface area (Å²) in [7, 11) is -2.39. The van der Waals surface area contributed by atoms with Gasteiger partial charge < -0.3 is 4.74 Å². The molecule has 0 saturated carbocycles. The lowest BCUT2D eigenvalue weighted by Crippen LogP contribution is -2.14. The summed E-state index contributed by atoms with van der Waals surface area (Å²) < 4.78 is 33.0. The van der Waals surface area contributed by atoms with E-state index in [1.165, 1.54) is 19.2 Å². The first-order valence-corrected chi connectivity index (χ1v) is 9.14. The lowest BCUT2D eigenvalue weighted by Gasteiger charge is -2.14. The molecule has 2 aromatic rings. The molecule has 0 aromatic heterocycles. The predicted octanol–water partition coefficient (Wildman–Crippen LogP) is 4.93. The van der Waals surface area contributed by atoms with Crippen LogP contribution in [0.25, 0.3) is 0 Å². The SMILES string of the molecule is COc1ccc(C(C)C)cc1S(=O)(=O)Nc1ccc(Cl)c(Cl)c1. The number of ether oxygens (including phenoxy) is 1. The Labute approximate surface area is 146 Å². The van der Waals surface area contributed by atoms with Crippen molar-refractivity contribution in [3.8, 4) is 5.75 Å². The predicted molar refractivity (Wildman–Crippen MR) is 94.4 cm³/mol. The number of methoxy groups -OCH3 is 1. The number of rotatable bonds is 5. The average Bonchev–Trinajstić information content (AvgIpc) is 2.50. The summed E-state index contributed by atoms with van der Waals surface area (Å²) >= 11 is 11.8.